The molecule has 2 bridgehead atoms. The molecule has 26 heavy (non-hydrogen) atoms. The normalized spacial score (nSPS) is 35.4. The standard InChI is InChI=1S/C20H26O6/c1-9(8-21)10-7-11-12(15(24)13(10)22)20-6-4-5-19(2,3)17(20)16(14(11)23)26-18(20)25/h7,9,14,16-17,21-24H,4-6,8H2,1-3H3/t9-,14-,16-,17+,20+/m1/s1. The van der Waals surface area contributed by atoms with E-state index in [0.29, 0.717) is 23.1 Å². The Morgan fingerprint density at radius 1 is 1.27 bits per heavy atom. The minimum atomic E-state index is -1.07. The van der Waals surface area contributed by atoms with Gasteiger partial charge in [-0.05, 0) is 29.9 Å². The zero-order chi connectivity index (χ0) is 19.0. The number of carbonyl (C=O) groups excluding carboxylic acids is 1. The van der Waals surface area contributed by atoms with Crippen LogP contribution >= 0.6 is 0 Å². The van der Waals surface area contributed by atoms with Crippen molar-refractivity contribution in [2.24, 2.45) is 11.3 Å². The largest absolute Gasteiger partial charge is 0.504 e. The molecular formula is C20H26O6. The van der Waals surface area contributed by atoms with Gasteiger partial charge >= 0.3 is 5.97 Å². The maximum Gasteiger partial charge on any atom is 0.317 e. The van der Waals surface area contributed by atoms with Crippen molar-refractivity contribution < 1.29 is 30.0 Å². The maximum atomic E-state index is 13.0. The molecule has 142 valence electrons. The summed E-state index contributed by atoms with van der Waals surface area (Å²) in [7, 11) is 0. The van der Waals surface area contributed by atoms with Crippen molar-refractivity contribution in [2.75, 3.05) is 6.61 Å². The molecule has 4 rings (SSSR count). The van der Waals surface area contributed by atoms with E-state index in [4.69, 9.17) is 4.74 Å². The summed E-state index contributed by atoms with van der Waals surface area (Å²) in [5.74, 6) is -1.78. The second kappa shape index (κ2) is 5.36. The number of aliphatic hydroxyl groups excluding tert-OH is 2. The number of fused-ring (bicyclic) bond motifs is 1. The number of aliphatic hydroxyl groups is 2. The highest BCUT2D eigenvalue weighted by Crippen LogP contribution is 2.66. The Morgan fingerprint density at radius 3 is 2.62 bits per heavy atom. The molecule has 0 amide bonds. The van der Waals surface area contributed by atoms with Crippen LogP contribution in [0.15, 0.2) is 6.07 Å². The zero-order valence-corrected chi connectivity index (χ0v) is 15.3. The van der Waals surface area contributed by atoms with E-state index >= 15 is 0 Å². The second-order valence-corrected chi connectivity index (χ2v) is 8.82. The summed E-state index contributed by atoms with van der Waals surface area (Å²) in [6.07, 6.45) is 0.504. The first-order chi connectivity index (χ1) is 12.2. The Labute approximate surface area is 152 Å². The van der Waals surface area contributed by atoms with Crippen LogP contribution in [0, 0.1) is 11.3 Å². The average Bonchev–Trinajstić information content (AvgIpc) is 2.86. The van der Waals surface area contributed by atoms with Crippen molar-refractivity contribution in [3.63, 3.8) is 0 Å². The van der Waals surface area contributed by atoms with Crippen molar-refractivity contribution >= 4 is 5.97 Å². The lowest BCUT2D eigenvalue weighted by Gasteiger charge is -2.51. The highest BCUT2D eigenvalue weighted by Gasteiger charge is 2.70. The van der Waals surface area contributed by atoms with Gasteiger partial charge in [0.05, 0.1) is 0 Å². The Balaban J connectivity index is 2.03. The van der Waals surface area contributed by atoms with E-state index < -0.39 is 29.5 Å². The van der Waals surface area contributed by atoms with Gasteiger partial charge in [-0.1, -0.05) is 27.2 Å². The molecule has 3 aliphatic rings. The van der Waals surface area contributed by atoms with Crippen LogP contribution < -0.4 is 0 Å². The first kappa shape index (κ1) is 17.6. The molecule has 1 saturated heterocycles. The average molecular weight is 362 g/mol. The van der Waals surface area contributed by atoms with Gasteiger partial charge in [-0.25, -0.2) is 0 Å². The van der Waals surface area contributed by atoms with Gasteiger partial charge in [0.15, 0.2) is 11.5 Å². The molecule has 0 aromatic heterocycles. The number of aromatic hydroxyl groups is 2. The third-order valence-corrected chi connectivity index (χ3v) is 6.92. The highest BCUT2D eigenvalue weighted by molar-refractivity contribution is 5.90. The molecule has 6 heteroatoms. The molecular weight excluding hydrogens is 336 g/mol. The van der Waals surface area contributed by atoms with Crippen molar-refractivity contribution in [3.05, 3.63) is 22.8 Å². The highest BCUT2D eigenvalue weighted by atomic mass is 16.6. The summed E-state index contributed by atoms with van der Waals surface area (Å²) >= 11 is 0. The number of hydrogen-bond donors (Lipinski definition) is 4. The third kappa shape index (κ3) is 1.92. The Bertz CT molecular complexity index is 785. The molecule has 0 spiro atoms. The quantitative estimate of drug-likeness (QED) is 0.475. The molecule has 1 saturated carbocycles. The molecule has 2 aliphatic carbocycles. The zero-order valence-electron chi connectivity index (χ0n) is 15.3. The fourth-order valence-corrected chi connectivity index (χ4v) is 5.73. The van der Waals surface area contributed by atoms with Gasteiger partial charge in [0.1, 0.15) is 17.6 Å². The van der Waals surface area contributed by atoms with Gasteiger partial charge in [-0.2, -0.15) is 0 Å². The van der Waals surface area contributed by atoms with Gasteiger partial charge in [-0.3, -0.25) is 4.79 Å². The van der Waals surface area contributed by atoms with E-state index in [9.17, 15) is 25.2 Å². The SMILES string of the molecule is C[C@H](CO)c1cc2c(c(O)c1O)[C@@]13CCCC(C)(C)[C@@H]1[C@H](OC3=O)[C@@H]2O. The van der Waals surface area contributed by atoms with Crippen LogP contribution in [0.4, 0.5) is 0 Å². The predicted molar refractivity (Wildman–Crippen MR) is 92.9 cm³/mol. The maximum absolute atomic E-state index is 13.0. The number of phenols is 2. The van der Waals surface area contributed by atoms with E-state index in [2.05, 4.69) is 13.8 Å². The number of carbonyl (C=O) groups is 1. The van der Waals surface area contributed by atoms with Gasteiger partial charge in [0.2, 0.25) is 0 Å². The fraction of sp³-hybridized carbons (Fsp3) is 0.650. The van der Waals surface area contributed by atoms with Crippen molar-refractivity contribution in [1.29, 1.82) is 0 Å². The van der Waals surface area contributed by atoms with E-state index in [0.717, 1.165) is 12.8 Å². The first-order valence-electron chi connectivity index (χ1n) is 9.26. The van der Waals surface area contributed by atoms with Crippen molar-refractivity contribution in [3.8, 4) is 11.5 Å². The smallest absolute Gasteiger partial charge is 0.317 e. The molecule has 4 N–H and O–H groups in total. The Morgan fingerprint density at radius 2 is 1.96 bits per heavy atom. The number of ether oxygens (including phenoxy) is 1. The molecule has 5 atom stereocenters. The molecule has 1 aliphatic heterocycles. The number of benzene rings is 1. The van der Waals surface area contributed by atoms with Gasteiger partial charge in [0, 0.05) is 29.6 Å². The minimum absolute atomic E-state index is 0.207. The van der Waals surface area contributed by atoms with Crippen molar-refractivity contribution in [2.45, 2.75) is 63.6 Å². The summed E-state index contributed by atoms with van der Waals surface area (Å²) in [4.78, 5) is 13.0. The number of rotatable bonds is 2. The monoisotopic (exact) mass is 362 g/mol. The molecule has 0 unspecified atom stereocenters. The molecule has 6 nitrogen and oxygen atoms in total. The predicted octanol–water partition coefficient (Wildman–Crippen LogP) is 2.23. The molecule has 1 aromatic rings. The van der Waals surface area contributed by atoms with E-state index in [1.165, 1.54) is 0 Å². The molecule has 1 aromatic carbocycles. The summed E-state index contributed by atoms with van der Waals surface area (Å²) in [6.45, 7) is 5.65. The summed E-state index contributed by atoms with van der Waals surface area (Å²) in [5, 5.41) is 41.9. The number of hydrogen-bond acceptors (Lipinski definition) is 6. The Kier molecular flexibility index (Phi) is 3.63. The lowest BCUT2D eigenvalue weighted by Crippen LogP contribution is -2.54. The second-order valence-electron chi connectivity index (χ2n) is 8.82. The summed E-state index contributed by atoms with van der Waals surface area (Å²) in [6, 6.07) is 1.62. The first-order valence-corrected chi connectivity index (χ1v) is 9.26. The van der Waals surface area contributed by atoms with Crippen molar-refractivity contribution in [1.82, 2.24) is 0 Å². The third-order valence-electron chi connectivity index (χ3n) is 6.92. The summed E-state index contributed by atoms with van der Waals surface area (Å²) < 4.78 is 5.64. The van der Waals surface area contributed by atoms with Crippen LogP contribution in [0.5, 0.6) is 11.5 Å². The number of esters is 1. The Hall–Kier alpha value is -1.79. The van der Waals surface area contributed by atoms with Crippen LogP contribution in [-0.4, -0.2) is 39.1 Å². The molecule has 0 radical (unpaired) electrons. The van der Waals surface area contributed by atoms with Gasteiger partial charge in [0.25, 0.3) is 0 Å². The van der Waals surface area contributed by atoms with Crippen LogP contribution in [0.3, 0.4) is 0 Å². The lowest BCUT2D eigenvalue weighted by atomic mass is 9.49. The van der Waals surface area contributed by atoms with E-state index in [-0.39, 0.29) is 29.4 Å². The van der Waals surface area contributed by atoms with Gasteiger partial charge in [-0.15, -0.1) is 0 Å². The van der Waals surface area contributed by atoms with Crippen LogP contribution in [-0.2, 0) is 14.9 Å². The molecule has 1 heterocycles. The number of phenolic OH excluding ortho intramolecular Hbond substituents is 2. The minimum Gasteiger partial charge on any atom is -0.504 e. The van der Waals surface area contributed by atoms with Crippen LogP contribution in [0.25, 0.3) is 0 Å². The fourth-order valence-electron chi connectivity index (χ4n) is 5.73. The van der Waals surface area contributed by atoms with Crippen LogP contribution in [0.2, 0.25) is 0 Å². The van der Waals surface area contributed by atoms with E-state index in [1.54, 1.807) is 13.0 Å². The topological polar surface area (TPSA) is 107 Å². The molecule has 2 fully saturated rings. The van der Waals surface area contributed by atoms with Crippen LogP contribution in [0.1, 0.15) is 68.7 Å². The summed E-state index contributed by atoms with van der Waals surface area (Å²) in [5.41, 5.74) is -0.177. The van der Waals surface area contributed by atoms with E-state index in [1.807, 2.05) is 0 Å². The lowest BCUT2D eigenvalue weighted by molar-refractivity contribution is -0.148. The van der Waals surface area contributed by atoms with Gasteiger partial charge < -0.3 is 25.2 Å².